The molecule has 0 aliphatic rings. The lowest BCUT2D eigenvalue weighted by Gasteiger charge is -2.21. The minimum atomic E-state index is -0.0434. The van der Waals surface area contributed by atoms with E-state index in [0.717, 1.165) is 0 Å². The number of para-hydroxylation sites is 1. The number of hydrogen-bond acceptors (Lipinski definition) is 4. The van der Waals surface area contributed by atoms with Crippen LogP contribution in [0.1, 0.15) is 17.3 Å². The fourth-order valence-corrected chi connectivity index (χ4v) is 1.57. The zero-order valence-electron chi connectivity index (χ0n) is 10.3. The number of carbonyl (C=O) groups excluding carboxylic acids is 1. The van der Waals surface area contributed by atoms with Crippen molar-refractivity contribution in [1.29, 1.82) is 0 Å². The van der Waals surface area contributed by atoms with E-state index in [1.807, 2.05) is 19.1 Å². The summed E-state index contributed by atoms with van der Waals surface area (Å²) in [6, 6.07) is 7.18. The largest absolute Gasteiger partial charge is 0.383 e. The summed E-state index contributed by atoms with van der Waals surface area (Å²) in [4.78, 5) is 14.0. The second kappa shape index (κ2) is 6.88. The maximum absolute atomic E-state index is 12.2. The van der Waals surface area contributed by atoms with Crippen LogP contribution in [0.2, 0.25) is 0 Å². The molecule has 1 aromatic carbocycles. The van der Waals surface area contributed by atoms with Gasteiger partial charge in [0.1, 0.15) is 0 Å². The zero-order chi connectivity index (χ0) is 12.7. The van der Waals surface area contributed by atoms with E-state index < -0.39 is 0 Å². The van der Waals surface area contributed by atoms with Crippen LogP contribution in [-0.2, 0) is 4.74 Å². The number of nitrogen functional groups attached to an aromatic ring is 1. The van der Waals surface area contributed by atoms with E-state index in [1.165, 1.54) is 0 Å². The molecule has 0 spiro atoms. The Balaban J connectivity index is 2.85. The lowest BCUT2D eigenvalue weighted by atomic mass is 10.1. The maximum atomic E-state index is 12.2. The van der Waals surface area contributed by atoms with Crippen molar-refractivity contribution in [3.63, 3.8) is 0 Å². The number of nitrogens with one attached hydrogen (secondary N) is 1. The molecule has 1 rings (SSSR count). The van der Waals surface area contributed by atoms with Gasteiger partial charge in [-0.2, -0.15) is 0 Å². The smallest absolute Gasteiger partial charge is 0.256 e. The van der Waals surface area contributed by atoms with E-state index in [9.17, 15) is 4.79 Å². The van der Waals surface area contributed by atoms with E-state index >= 15 is 0 Å². The Morgan fingerprint density at radius 1 is 1.47 bits per heavy atom. The third-order valence-electron chi connectivity index (χ3n) is 2.55. The summed E-state index contributed by atoms with van der Waals surface area (Å²) in [6.45, 7) is 3.68. The standard InChI is InChI=1S/C12H19N3O2/c1-3-15(8-9-17-2)12(16)10-6-4-5-7-11(10)14-13/h4-7,14H,3,8-9,13H2,1-2H3. The van der Waals surface area contributed by atoms with E-state index in [1.54, 1.807) is 24.1 Å². The average Bonchev–Trinajstić information content (AvgIpc) is 2.39. The van der Waals surface area contributed by atoms with Gasteiger partial charge in [-0.1, -0.05) is 12.1 Å². The number of nitrogens with two attached hydrogens (primary N) is 1. The molecule has 1 aromatic rings. The third kappa shape index (κ3) is 3.44. The fraction of sp³-hybridized carbons (Fsp3) is 0.417. The van der Waals surface area contributed by atoms with Gasteiger partial charge in [-0.15, -0.1) is 0 Å². The first-order valence-corrected chi connectivity index (χ1v) is 5.58. The highest BCUT2D eigenvalue weighted by Gasteiger charge is 2.16. The molecule has 0 aliphatic heterocycles. The second-order valence-electron chi connectivity index (χ2n) is 3.57. The summed E-state index contributed by atoms with van der Waals surface area (Å²) in [5, 5.41) is 0. The third-order valence-corrected chi connectivity index (χ3v) is 2.55. The van der Waals surface area contributed by atoms with E-state index in [-0.39, 0.29) is 5.91 Å². The number of ether oxygens (including phenoxy) is 1. The molecule has 0 bridgehead atoms. The summed E-state index contributed by atoms with van der Waals surface area (Å²) in [5.74, 6) is 5.34. The Morgan fingerprint density at radius 3 is 2.76 bits per heavy atom. The van der Waals surface area contributed by atoms with Crippen molar-refractivity contribution in [3.05, 3.63) is 29.8 Å². The van der Waals surface area contributed by atoms with Crippen molar-refractivity contribution in [1.82, 2.24) is 4.90 Å². The first-order valence-electron chi connectivity index (χ1n) is 5.58. The number of likely N-dealkylation sites (N-methyl/N-ethyl adjacent to an activating group) is 1. The summed E-state index contributed by atoms with van der Waals surface area (Å²) >= 11 is 0. The lowest BCUT2D eigenvalue weighted by Crippen LogP contribution is -2.34. The number of nitrogens with zero attached hydrogens (tertiary/aromatic N) is 1. The number of benzene rings is 1. The highest BCUT2D eigenvalue weighted by atomic mass is 16.5. The van der Waals surface area contributed by atoms with Crippen LogP contribution >= 0.6 is 0 Å². The number of carbonyl (C=O) groups is 1. The first kappa shape index (κ1) is 13.5. The van der Waals surface area contributed by atoms with Crippen molar-refractivity contribution in [3.8, 4) is 0 Å². The molecule has 0 heterocycles. The van der Waals surface area contributed by atoms with Gasteiger partial charge in [0, 0.05) is 20.2 Å². The summed E-state index contributed by atoms with van der Waals surface area (Å²) < 4.78 is 4.98. The summed E-state index contributed by atoms with van der Waals surface area (Å²) in [5.41, 5.74) is 3.74. The molecule has 0 fully saturated rings. The van der Waals surface area contributed by atoms with Crippen molar-refractivity contribution in [2.75, 3.05) is 32.2 Å². The number of hydrogen-bond donors (Lipinski definition) is 2. The summed E-state index contributed by atoms with van der Waals surface area (Å²) in [7, 11) is 1.62. The van der Waals surface area contributed by atoms with Crippen LogP contribution in [0.5, 0.6) is 0 Å². The highest BCUT2D eigenvalue weighted by Crippen LogP contribution is 2.15. The minimum Gasteiger partial charge on any atom is -0.383 e. The van der Waals surface area contributed by atoms with Crippen LogP contribution in [0.25, 0.3) is 0 Å². The quantitative estimate of drug-likeness (QED) is 0.574. The SMILES string of the molecule is CCN(CCOC)C(=O)c1ccccc1NN. The van der Waals surface area contributed by atoms with E-state index in [4.69, 9.17) is 10.6 Å². The highest BCUT2D eigenvalue weighted by molar-refractivity contribution is 5.99. The van der Waals surface area contributed by atoms with Gasteiger partial charge in [0.05, 0.1) is 17.9 Å². The van der Waals surface area contributed by atoms with Crippen LogP contribution in [0.4, 0.5) is 5.69 Å². The molecule has 5 nitrogen and oxygen atoms in total. The van der Waals surface area contributed by atoms with Gasteiger partial charge < -0.3 is 15.1 Å². The van der Waals surface area contributed by atoms with Crippen molar-refractivity contribution in [2.45, 2.75) is 6.92 Å². The Morgan fingerprint density at radius 2 is 2.18 bits per heavy atom. The number of anilines is 1. The van der Waals surface area contributed by atoms with Gasteiger partial charge in [-0.3, -0.25) is 10.6 Å². The molecule has 0 saturated heterocycles. The van der Waals surface area contributed by atoms with Gasteiger partial charge in [0.2, 0.25) is 0 Å². The maximum Gasteiger partial charge on any atom is 0.256 e. The molecule has 5 heteroatoms. The molecule has 1 amide bonds. The minimum absolute atomic E-state index is 0.0434. The predicted molar refractivity (Wildman–Crippen MR) is 67.7 cm³/mol. The molecule has 0 aliphatic carbocycles. The molecular formula is C12H19N3O2. The van der Waals surface area contributed by atoms with Gasteiger partial charge >= 0.3 is 0 Å². The van der Waals surface area contributed by atoms with Crippen molar-refractivity contribution >= 4 is 11.6 Å². The number of rotatable bonds is 6. The number of hydrazine groups is 1. The van der Waals surface area contributed by atoms with Gasteiger partial charge in [0.25, 0.3) is 5.91 Å². The molecule has 94 valence electrons. The van der Waals surface area contributed by atoms with Crippen LogP contribution in [0.15, 0.2) is 24.3 Å². The van der Waals surface area contributed by atoms with E-state index in [0.29, 0.717) is 30.9 Å². The van der Waals surface area contributed by atoms with Crippen LogP contribution in [0.3, 0.4) is 0 Å². The monoisotopic (exact) mass is 237 g/mol. The molecule has 0 unspecified atom stereocenters. The van der Waals surface area contributed by atoms with Crippen LogP contribution in [-0.4, -0.2) is 37.6 Å². The molecule has 3 N–H and O–H groups in total. The topological polar surface area (TPSA) is 67.6 Å². The first-order chi connectivity index (χ1) is 8.24. The lowest BCUT2D eigenvalue weighted by molar-refractivity contribution is 0.0707. The van der Waals surface area contributed by atoms with Crippen molar-refractivity contribution in [2.24, 2.45) is 5.84 Å². The molecule has 17 heavy (non-hydrogen) atoms. The van der Waals surface area contributed by atoms with E-state index in [2.05, 4.69) is 5.43 Å². The van der Waals surface area contributed by atoms with Gasteiger partial charge in [-0.05, 0) is 19.1 Å². The predicted octanol–water partition coefficient (Wildman–Crippen LogP) is 1.08. The second-order valence-corrected chi connectivity index (χ2v) is 3.57. The Labute approximate surface area is 102 Å². The van der Waals surface area contributed by atoms with Crippen LogP contribution in [0, 0.1) is 0 Å². The summed E-state index contributed by atoms with van der Waals surface area (Å²) in [6.07, 6.45) is 0. The Hall–Kier alpha value is -1.59. The Kier molecular flexibility index (Phi) is 5.45. The Bertz CT molecular complexity index is 369. The van der Waals surface area contributed by atoms with Crippen LogP contribution < -0.4 is 11.3 Å². The number of methoxy groups -OCH3 is 1. The molecule has 0 atom stereocenters. The van der Waals surface area contributed by atoms with Gasteiger partial charge in [0.15, 0.2) is 0 Å². The molecule has 0 saturated carbocycles. The zero-order valence-corrected chi connectivity index (χ0v) is 10.3. The normalized spacial score (nSPS) is 10.1. The molecular weight excluding hydrogens is 218 g/mol. The van der Waals surface area contributed by atoms with Crippen molar-refractivity contribution < 1.29 is 9.53 Å². The molecule has 0 radical (unpaired) electrons. The molecule has 0 aromatic heterocycles. The van der Waals surface area contributed by atoms with Gasteiger partial charge in [-0.25, -0.2) is 0 Å². The average molecular weight is 237 g/mol. The number of amides is 1. The fourth-order valence-electron chi connectivity index (χ4n) is 1.57.